The van der Waals surface area contributed by atoms with Gasteiger partial charge in [0.15, 0.2) is 23.3 Å². The summed E-state index contributed by atoms with van der Waals surface area (Å²) in [4.78, 5) is 0. The Balaban J connectivity index is 1.92. The van der Waals surface area contributed by atoms with Crippen LogP contribution in [0.5, 0.6) is 0 Å². The zero-order chi connectivity index (χ0) is 36.1. The van der Waals surface area contributed by atoms with Crippen molar-refractivity contribution in [2.24, 2.45) is 5.41 Å². The van der Waals surface area contributed by atoms with E-state index in [0.29, 0.717) is 10.9 Å². The molecule has 0 spiro atoms. The maximum atomic E-state index is 16.5. The van der Waals surface area contributed by atoms with Crippen molar-refractivity contribution in [3.05, 3.63) is 209 Å². The Morgan fingerprint density at radius 1 is 0.431 bits per heavy atom. The minimum Gasteiger partial charge on any atom is -0.203 e. The predicted molar refractivity (Wildman–Crippen MR) is 204 cm³/mol. The van der Waals surface area contributed by atoms with Crippen molar-refractivity contribution in [2.75, 3.05) is 0 Å². The van der Waals surface area contributed by atoms with Crippen LogP contribution in [-0.4, -0.2) is 0 Å². The van der Waals surface area contributed by atoms with Crippen LogP contribution in [0, 0.1) is 34.5 Å². The molecule has 6 rings (SSSR count). The van der Waals surface area contributed by atoms with E-state index in [0.717, 1.165) is 26.5 Å². The smallest absolute Gasteiger partial charge is 0.200 e. The average molecular weight is 721 g/mol. The zero-order valence-corrected chi connectivity index (χ0v) is 30.1. The van der Waals surface area contributed by atoms with Gasteiger partial charge < -0.3 is 0 Å². The molecule has 0 unspecified atom stereocenters. The van der Waals surface area contributed by atoms with Gasteiger partial charge in [-0.3, -0.25) is 0 Å². The molecule has 0 aliphatic heterocycles. The normalized spacial score (nSPS) is 12.7. The molecule has 0 saturated carbocycles. The number of rotatable bonds is 9. The van der Waals surface area contributed by atoms with Crippen molar-refractivity contribution in [3.8, 4) is 0 Å². The van der Waals surface area contributed by atoms with Crippen molar-refractivity contribution in [3.63, 3.8) is 0 Å². The van der Waals surface area contributed by atoms with Gasteiger partial charge in [0.2, 0.25) is 5.82 Å². The Kier molecular flexibility index (Phi) is 11.1. The number of halogens is 5. The van der Waals surface area contributed by atoms with Gasteiger partial charge in [-0.05, 0) is 53.4 Å². The predicted octanol–water partition coefficient (Wildman–Crippen LogP) is 11.3. The first-order valence-corrected chi connectivity index (χ1v) is 19.1. The van der Waals surface area contributed by atoms with Crippen molar-refractivity contribution >= 4 is 42.6 Å². The van der Waals surface area contributed by atoms with E-state index in [1.807, 2.05) is 142 Å². The quantitative estimate of drug-likeness (QED) is 0.0459. The molecule has 256 valence electrons. The largest absolute Gasteiger partial charge is 0.203 e. The van der Waals surface area contributed by atoms with Gasteiger partial charge in [0.25, 0.3) is 0 Å². The number of allylic oxidation sites excluding steroid dienone is 3. The molecule has 0 aliphatic carbocycles. The standard InChI is InChI=1S/C44H35F5P2/c1-44(2,3)29-35(50(31-21-11-5-12-22-31)32-23-13-6-14-24-32)43(51(33-25-15-7-16-26-33)34-27-17-8-18-28-34)36(30-19-9-4-10-20-30)37-38(45)40(47)42(49)41(48)39(37)46/h4-29H,1-3H3/b35-29-,43-36+. The second-order valence-corrected chi connectivity index (χ2v) is 17.3. The minimum atomic E-state index is -2.20. The van der Waals surface area contributed by atoms with Crippen LogP contribution < -0.4 is 21.2 Å². The number of hydrogen-bond donors (Lipinski definition) is 0. The van der Waals surface area contributed by atoms with E-state index >= 15 is 17.6 Å². The lowest BCUT2D eigenvalue weighted by Crippen LogP contribution is -2.21. The summed E-state index contributed by atoms with van der Waals surface area (Å²) in [6.45, 7) is 6.13. The molecule has 0 heterocycles. The van der Waals surface area contributed by atoms with Gasteiger partial charge in [-0.1, -0.05) is 179 Å². The molecule has 0 aliphatic rings. The van der Waals surface area contributed by atoms with Crippen LogP contribution in [0.3, 0.4) is 0 Å². The van der Waals surface area contributed by atoms with Crippen molar-refractivity contribution in [1.29, 1.82) is 0 Å². The highest BCUT2D eigenvalue weighted by Crippen LogP contribution is 2.61. The van der Waals surface area contributed by atoms with E-state index in [9.17, 15) is 4.39 Å². The van der Waals surface area contributed by atoms with Gasteiger partial charge in [0, 0.05) is 10.9 Å². The maximum Gasteiger partial charge on any atom is 0.200 e. The van der Waals surface area contributed by atoms with Gasteiger partial charge in [-0.2, -0.15) is 0 Å². The summed E-state index contributed by atoms with van der Waals surface area (Å²) in [5, 5.41) is 4.89. The average Bonchev–Trinajstić information content (AvgIpc) is 3.15. The molecular formula is C44H35F5P2. The van der Waals surface area contributed by atoms with Crippen LogP contribution >= 0.6 is 15.8 Å². The lowest BCUT2D eigenvalue weighted by atomic mass is 9.93. The fourth-order valence-electron chi connectivity index (χ4n) is 5.97. The molecule has 0 nitrogen and oxygen atoms in total. The first-order valence-electron chi connectivity index (χ1n) is 16.4. The first-order chi connectivity index (χ1) is 24.6. The minimum absolute atomic E-state index is 0.0444. The Hall–Kier alpha value is -4.69. The second kappa shape index (κ2) is 15.7. The number of hydrogen-bond acceptors (Lipinski definition) is 0. The molecule has 0 atom stereocenters. The molecule has 51 heavy (non-hydrogen) atoms. The van der Waals surface area contributed by atoms with Gasteiger partial charge >= 0.3 is 0 Å². The molecule has 0 radical (unpaired) electrons. The summed E-state index contributed by atoms with van der Waals surface area (Å²) < 4.78 is 78.4. The highest BCUT2D eigenvalue weighted by Gasteiger charge is 2.37. The van der Waals surface area contributed by atoms with E-state index in [-0.39, 0.29) is 5.57 Å². The molecule has 0 N–H and O–H groups in total. The number of benzene rings is 6. The monoisotopic (exact) mass is 720 g/mol. The van der Waals surface area contributed by atoms with E-state index in [1.54, 1.807) is 30.3 Å². The lowest BCUT2D eigenvalue weighted by molar-refractivity contribution is 0.376. The summed E-state index contributed by atoms with van der Waals surface area (Å²) in [7, 11) is -3.17. The summed E-state index contributed by atoms with van der Waals surface area (Å²) in [5.74, 6) is -9.93. The third-order valence-corrected chi connectivity index (χ3v) is 13.3. The zero-order valence-electron chi connectivity index (χ0n) is 28.3. The molecule has 0 fully saturated rings. The molecule has 0 aromatic heterocycles. The van der Waals surface area contributed by atoms with Gasteiger partial charge in [-0.15, -0.1) is 0 Å². The van der Waals surface area contributed by atoms with Crippen LogP contribution in [0.25, 0.3) is 5.57 Å². The first kappa shape index (κ1) is 36.1. The lowest BCUT2D eigenvalue weighted by Gasteiger charge is -2.34. The van der Waals surface area contributed by atoms with Crippen LogP contribution in [0.1, 0.15) is 31.9 Å². The molecule has 7 heteroatoms. The van der Waals surface area contributed by atoms with Gasteiger partial charge in [-0.25, -0.2) is 22.0 Å². The highest BCUT2D eigenvalue weighted by atomic mass is 31.1. The van der Waals surface area contributed by atoms with E-state index in [2.05, 4.69) is 6.08 Å². The third-order valence-electron chi connectivity index (χ3n) is 8.09. The maximum absolute atomic E-state index is 16.5. The Labute approximate surface area is 298 Å². The molecule has 6 aromatic carbocycles. The molecule has 0 bridgehead atoms. The van der Waals surface area contributed by atoms with E-state index in [4.69, 9.17) is 0 Å². The fraction of sp³-hybridized carbons (Fsp3) is 0.0909. The topological polar surface area (TPSA) is 0 Å². The van der Waals surface area contributed by atoms with Crippen LogP contribution in [0.2, 0.25) is 0 Å². The molecule has 0 saturated heterocycles. The van der Waals surface area contributed by atoms with Crippen LogP contribution in [0.4, 0.5) is 22.0 Å². The highest BCUT2D eigenvalue weighted by molar-refractivity contribution is 7.82. The summed E-state index contributed by atoms with van der Waals surface area (Å²) in [6.07, 6.45) is 2.12. The van der Waals surface area contributed by atoms with E-state index in [1.165, 1.54) is 0 Å². The fourth-order valence-corrected chi connectivity index (χ4v) is 11.7. The van der Waals surface area contributed by atoms with Crippen molar-refractivity contribution in [2.45, 2.75) is 20.8 Å². The van der Waals surface area contributed by atoms with Crippen LogP contribution in [0.15, 0.2) is 168 Å². The van der Waals surface area contributed by atoms with Gasteiger partial charge in [0.05, 0.1) is 5.56 Å². The third kappa shape index (κ3) is 7.81. The van der Waals surface area contributed by atoms with Crippen molar-refractivity contribution < 1.29 is 22.0 Å². The molecule has 0 amide bonds. The van der Waals surface area contributed by atoms with Crippen LogP contribution in [-0.2, 0) is 0 Å². The Bertz CT molecular complexity index is 2050. The Morgan fingerprint density at radius 2 is 0.745 bits per heavy atom. The van der Waals surface area contributed by atoms with Crippen molar-refractivity contribution in [1.82, 2.24) is 0 Å². The summed E-state index contributed by atoms with van der Waals surface area (Å²) in [6, 6.07) is 47.5. The molecule has 6 aromatic rings. The summed E-state index contributed by atoms with van der Waals surface area (Å²) >= 11 is 0. The Morgan fingerprint density at radius 3 is 1.10 bits per heavy atom. The van der Waals surface area contributed by atoms with Gasteiger partial charge in [0.1, 0.15) is 0 Å². The SMILES string of the molecule is CC(C)(C)/C=C(/C(=C(/c1ccccc1)c1c(F)c(F)c(F)c(F)c1F)P(c1ccccc1)c1ccccc1)P(c1ccccc1)c1ccccc1. The molecular weight excluding hydrogens is 685 g/mol. The summed E-state index contributed by atoms with van der Waals surface area (Å²) in [5.41, 5.74) is -1.16. The second-order valence-electron chi connectivity index (χ2n) is 12.9. The van der Waals surface area contributed by atoms with E-state index < -0.39 is 55.9 Å².